The number of aromatic nitrogens is 3. The fourth-order valence-corrected chi connectivity index (χ4v) is 6.02. The molecule has 0 unspecified atom stereocenters. The van der Waals surface area contributed by atoms with Crippen LogP contribution in [-0.4, -0.2) is 127 Å². The summed E-state index contributed by atoms with van der Waals surface area (Å²) in [5.41, 5.74) is 0.857. The highest BCUT2D eigenvalue weighted by molar-refractivity contribution is 5.95. The van der Waals surface area contributed by atoms with Crippen molar-refractivity contribution in [2.75, 3.05) is 32.1 Å². The Kier molecular flexibility index (Phi) is 9.91. The van der Waals surface area contributed by atoms with Gasteiger partial charge in [0.05, 0.1) is 24.0 Å². The number of hydrogen-bond donors (Lipinski definition) is 4. The van der Waals surface area contributed by atoms with E-state index in [0.717, 1.165) is 6.42 Å². The van der Waals surface area contributed by atoms with Crippen LogP contribution in [0.15, 0.2) is 42.9 Å². The average Bonchev–Trinajstić information content (AvgIpc) is 3.49. The summed E-state index contributed by atoms with van der Waals surface area (Å²) in [6.45, 7) is 3.15. The molecule has 0 spiro atoms. The number of carboxylic acids is 1. The first-order valence-electron chi connectivity index (χ1n) is 15.0. The molecule has 2 aliphatic rings. The summed E-state index contributed by atoms with van der Waals surface area (Å²) in [4.78, 5) is 51.6. The molecule has 0 aliphatic carbocycles. The van der Waals surface area contributed by atoms with Gasteiger partial charge in [0, 0.05) is 38.9 Å². The molecule has 1 aromatic carbocycles. The van der Waals surface area contributed by atoms with Crippen molar-refractivity contribution in [3.63, 3.8) is 0 Å². The van der Waals surface area contributed by atoms with Gasteiger partial charge in [-0.25, -0.2) is 19.6 Å². The van der Waals surface area contributed by atoms with E-state index in [9.17, 15) is 34.8 Å². The van der Waals surface area contributed by atoms with Gasteiger partial charge in [-0.3, -0.25) is 9.36 Å². The number of nitriles is 1. The zero-order chi connectivity index (χ0) is 34.0. The van der Waals surface area contributed by atoms with Crippen molar-refractivity contribution in [3.8, 4) is 11.8 Å². The minimum Gasteiger partial charge on any atom is -0.479 e. The Morgan fingerprint density at radius 1 is 1.11 bits per heavy atom. The van der Waals surface area contributed by atoms with E-state index in [2.05, 4.69) is 16.9 Å². The molecule has 2 aliphatic heterocycles. The lowest BCUT2D eigenvalue weighted by atomic mass is 9.92. The molecule has 0 radical (unpaired) electrons. The lowest BCUT2D eigenvalue weighted by molar-refractivity contribution is -0.271. The molecule has 7 atom stereocenters. The van der Waals surface area contributed by atoms with E-state index < -0.39 is 42.7 Å². The van der Waals surface area contributed by atoms with E-state index in [4.69, 9.17) is 14.7 Å². The highest BCUT2D eigenvalue weighted by Crippen LogP contribution is 2.31. The number of carbonyl (C=O) groups is 3. The maximum Gasteiger partial charge on any atom is 0.335 e. The third-order valence-electron chi connectivity index (χ3n) is 8.76. The number of aliphatic hydroxyl groups excluding tert-OH is 3. The Morgan fingerprint density at radius 2 is 1.85 bits per heavy atom. The number of hydrogen-bond acceptors (Lipinski definition) is 12. The molecule has 47 heavy (non-hydrogen) atoms. The van der Waals surface area contributed by atoms with Crippen LogP contribution in [0.2, 0.25) is 0 Å². The number of fused-ring (bicyclic) bond motifs is 1. The zero-order valence-electron chi connectivity index (χ0n) is 26.1. The smallest absolute Gasteiger partial charge is 0.335 e. The van der Waals surface area contributed by atoms with Crippen molar-refractivity contribution in [2.45, 2.75) is 63.1 Å². The van der Waals surface area contributed by atoms with Gasteiger partial charge in [0.1, 0.15) is 42.6 Å². The number of nitrogens with zero attached hydrogens (tertiary/aromatic N) is 7. The third-order valence-corrected chi connectivity index (χ3v) is 8.76. The summed E-state index contributed by atoms with van der Waals surface area (Å²) < 4.78 is 12.4. The van der Waals surface area contributed by atoms with Crippen LogP contribution in [0.4, 0.5) is 10.6 Å². The Balaban J connectivity index is 1.33. The van der Waals surface area contributed by atoms with Crippen LogP contribution in [0, 0.1) is 17.2 Å². The van der Waals surface area contributed by atoms with Gasteiger partial charge >= 0.3 is 12.0 Å². The number of anilines is 1. The number of amides is 2. The van der Waals surface area contributed by atoms with Gasteiger partial charge in [-0.2, -0.15) is 5.26 Å². The summed E-state index contributed by atoms with van der Waals surface area (Å²) in [6, 6.07) is 9.71. The summed E-state index contributed by atoms with van der Waals surface area (Å²) in [5, 5.41) is 49.5. The molecule has 16 heteroatoms. The standard InChI is InChI=1S/C31H37N7O9/c1-17-9-12-37(22(39)8-11-32)15-20(17)36(3)27-19-10-13-38(28(19)34-16-33-27)31(45)35(2)14-18-6-4-5-7-21(18)46-30-25(42)23(40)24(41)26(47-30)29(43)44/h4-7,10,13,16-17,20,23-26,30,40-42H,8-9,12,14-15H2,1-3H3,(H,43,44)/t17-,20+,23+,24+,25-,26+,30-/m1/s1. The molecular formula is C31H37N7O9. The minimum absolute atomic E-state index is 0.0228. The number of aliphatic carboxylic acids is 1. The van der Waals surface area contributed by atoms with Crippen molar-refractivity contribution >= 4 is 34.8 Å². The predicted molar refractivity (Wildman–Crippen MR) is 164 cm³/mol. The largest absolute Gasteiger partial charge is 0.479 e. The Bertz CT molecular complexity index is 1680. The monoisotopic (exact) mass is 651 g/mol. The first-order chi connectivity index (χ1) is 22.4. The predicted octanol–water partition coefficient (Wildman–Crippen LogP) is 0.389. The maximum atomic E-state index is 13.7. The van der Waals surface area contributed by atoms with Gasteiger partial charge in [0.2, 0.25) is 12.2 Å². The van der Waals surface area contributed by atoms with Crippen molar-refractivity contribution in [2.24, 2.45) is 5.92 Å². The van der Waals surface area contributed by atoms with Gasteiger partial charge in [-0.1, -0.05) is 25.1 Å². The van der Waals surface area contributed by atoms with E-state index in [0.29, 0.717) is 35.5 Å². The van der Waals surface area contributed by atoms with E-state index in [1.165, 1.54) is 15.8 Å². The van der Waals surface area contributed by atoms with Crippen molar-refractivity contribution < 1.29 is 44.3 Å². The average molecular weight is 652 g/mol. The van der Waals surface area contributed by atoms with Crippen LogP contribution in [0.3, 0.4) is 0 Å². The minimum atomic E-state index is -1.86. The van der Waals surface area contributed by atoms with Crippen LogP contribution in [0.5, 0.6) is 5.75 Å². The number of rotatable bonds is 8. The molecule has 3 aromatic rings. The van der Waals surface area contributed by atoms with Gasteiger partial charge in [-0.05, 0) is 24.5 Å². The van der Waals surface area contributed by atoms with Gasteiger partial charge < -0.3 is 44.6 Å². The molecule has 2 amide bonds. The van der Waals surface area contributed by atoms with Crippen LogP contribution >= 0.6 is 0 Å². The molecule has 16 nitrogen and oxygen atoms in total. The molecule has 4 heterocycles. The van der Waals surface area contributed by atoms with Crippen LogP contribution < -0.4 is 9.64 Å². The SMILES string of the molecule is C[C@@H]1CCN(C(=O)CC#N)C[C@@H]1N(C)c1ncnc2c1ccn2C(=O)N(C)Cc1ccccc1O[C@@H]1O[C@H](C(=O)O)[C@@H](O)[C@H](O)[C@H]1O. The molecule has 5 rings (SSSR count). The van der Waals surface area contributed by atoms with Gasteiger partial charge in [-0.15, -0.1) is 0 Å². The number of carbonyl (C=O) groups excluding carboxylic acids is 2. The number of aliphatic hydroxyl groups is 3. The highest BCUT2D eigenvalue weighted by atomic mass is 16.7. The quantitative estimate of drug-likeness (QED) is 0.260. The Labute approximate surface area is 270 Å². The number of likely N-dealkylation sites (N-methyl/N-ethyl adjacent to an activating group) is 1. The maximum absolute atomic E-state index is 13.7. The van der Waals surface area contributed by atoms with E-state index in [1.807, 2.05) is 18.0 Å². The molecule has 0 bridgehead atoms. The first kappa shape index (κ1) is 33.5. The van der Waals surface area contributed by atoms with Crippen molar-refractivity contribution in [3.05, 3.63) is 48.4 Å². The topological polar surface area (TPSA) is 215 Å². The molecule has 250 valence electrons. The number of benzene rings is 1. The fraction of sp³-hybridized carbons (Fsp3) is 0.484. The number of carboxylic acid groups (broad SMARTS) is 1. The van der Waals surface area contributed by atoms with Crippen molar-refractivity contribution in [1.29, 1.82) is 5.26 Å². The van der Waals surface area contributed by atoms with Gasteiger partial charge in [0.25, 0.3) is 0 Å². The number of ether oxygens (including phenoxy) is 2. The second kappa shape index (κ2) is 13.9. The Hall–Kier alpha value is -4.82. The number of piperidine rings is 1. The lowest BCUT2D eigenvalue weighted by Gasteiger charge is -2.42. The van der Waals surface area contributed by atoms with Crippen molar-refractivity contribution in [1.82, 2.24) is 24.3 Å². The fourth-order valence-electron chi connectivity index (χ4n) is 6.02. The normalized spacial score (nSPS) is 26.0. The number of likely N-dealkylation sites (tertiary alicyclic amines) is 1. The van der Waals surface area contributed by atoms with Gasteiger partial charge in [0.15, 0.2) is 11.8 Å². The highest BCUT2D eigenvalue weighted by Gasteiger charge is 2.48. The summed E-state index contributed by atoms with van der Waals surface area (Å²) in [7, 11) is 3.46. The van der Waals surface area contributed by atoms with E-state index >= 15 is 0 Å². The summed E-state index contributed by atoms with van der Waals surface area (Å²) in [5.74, 6) is -0.755. The molecule has 2 saturated heterocycles. The molecule has 4 N–H and O–H groups in total. The molecule has 2 aromatic heterocycles. The molecular weight excluding hydrogens is 614 g/mol. The molecule has 0 saturated carbocycles. The second-order valence-electron chi connectivity index (χ2n) is 11.8. The summed E-state index contributed by atoms with van der Waals surface area (Å²) >= 11 is 0. The summed E-state index contributed by atoms with van der Waals surface area (Å²) in [6.07, 6.45) is -5.31. The Morgan fingerprint density at radius 3 is 2.57 bits per heavy atom. The number of para-hydroxylation sites is 1. The lowest BCUT2D eigenvalue weighted by Crippen LogP contribution is -2.61. The van der Waals surface area contributed by atoms with E-state index in [1.54, 1.807) is 48.5 Å². The zero-order valence-corrected chi connectivity index (χ0v) is 26.1. The van der Waals surface area contributed by atoms with Crippen LogP contribution in [-0.2, 0) is 20.9 Å². The van der Waals surface area contributed by atoms with Crippen LogP contribution in [0.1, 0.15) is 25.3 Å². The first-order valence-corrected chi connectivity index (χ1v) is 15.0. The second-order valence-corrected chi connectivity index (χ2v) is 11.8. The third kappa shape index (κ3) is 6.69. The van der Waals surface area contributed by atoms with E-state index in [-0.39, 0.29) is 36.6 Å². The molecule has 2 fully saturated rings. The van der Waals surface area contributed by atoms with Crippen LogP contribution in [0.25, 0.3) is 11.0 Å².